The van der Waals surface area contributed by atoms with Gasteiger partial charge in [0.05, 0.1) is 0 Å². The zero-order valence-electron chi connectivity index (χ0n) is 19.8. The highest BCUT2D eigenvalue weighted by atomic mass is 16.6. The molecule has 33 heavy (non-hydrogen) atoms. The number of benzene rings is 1. The van der Waals surface area contributed by atoms with Crippen molar-refractivity contribution in [3.05, 3.63) is 35.9 Å². The molecule has 3 amide bonds. The molecule has 1 saturated heterocycles. The van der Waals surface area contributed by atoms with E-state index in [9.17, 15) is 24.3 Å². The van der Waals surface area contributed by atoms with Gasteiger partial charge in [-0.1, -0.05) is 30.3 Å². The molecule has 0 unspecified atom stereocenters. The van der Waals surface area contributed by atoms with Crippen LogP contribution in [0.2, 0.25) is 0 Å². The molecule has 1 heterocycles. The molecule has 182 valence electrons. The number of ether oxygens (including phenoxy) is 2. The highest BCUT2D eigenvalue weighted by molar-refractivity contribution is 5.93. The Bertz CT molecular complexity index is 870. The highest BCUT2D eigenvalue weighted by Gasteiger charge is 2.46. The third-order valence-electron chi connectivity index (χ3n) is 5.23. The molecule has 1 aliphatic heterocycles. The van der Waals surface area contributed by atoms with Crippen molar-refractivity contribution >= 4 is 24.1 Å². The van der Waals surface area contributed by atoms with Crippen molar-refractivity contribution in [3.63, 3.8) is 0 Å². The van der Waals surface area contributed by atoms with Crippen LogP contribution in [0.4, 0.5) is 9.59 Å². The van der Waals surface area contributed by atoms with Crippen LogP contribution in [0.1, 0.15) is 53.0 Å². The number of nitrogens with zero attached hydrogens (tertiary/aromatic N) is 1. The first-order valence-electron chi connectivity index (χ1n) is 10.8. The van der Waals surface area contributed by atoms with Crippen LogP contribution in [-0.2, 0) is 25.7 Å². The van der Waals surface area contributed by atoms with Crippen molar-refractivity contribution in [1.82, 2.24) is 15.5 Å². The lowest BCUT2D eigenvalue weighted by Gasteiger charge is -2.41. The molecule has 0 radical (unpaired) electrons. The topological polar surface area (TPSA) is 134 Å². The summed E-state index contributed by atoms with van der Waals surface area (Å²) in [4.78, 5) is 50.8. The number of amides is 3. The maximum absolute atomic E-state index is 12.9. The summed E-state index contributed by atoms with van der Waals surface area (Å²) in [7, 11) is 0. The van der Waals surface area contributed by atoms with Crippen molar-refractivity contribution in [2.24, 2.45) is 0 Å². The Kier molecular flexibility index (Phi) is 7.94. The van der Waals surface area contributed by atoms with Gasteiger partial charge < -0.3 is 30.1 Å². The number of likely N-dealkylation sites (tertiary alicyclic amines) is 1. The lowest BCUT2D eigenvalue weighted by molar-refractivity contribution is -0.151. The van der Waals surface area contributed by atoms with E-state index in [-0.39, 0.29) is 32.5 Å². The molecule has 0 atom stereocenters. The molecule has 1 fully saturated rings. The number of hydrogen-bond donors (Lipinski definition) is 3. The third-order valence-corrected chi connectivity index (χ3v) is 5.23. The van der Waals surface area contributed by atoms with Crippen molar-refractivity contribution in [2.45, 2.75) is 70.7 Å². The van der Waals surface area contributed by atoms with E-state index in [1.165, 1.54) is 18.7 Å². The smallest absolute Gasteiger partial charge is 0.410 e. The van der Waals surface area contributed by atoms with Gasteiger partial charge in [-0.3, -0.25) is 4.79 Å². The zero-order chi connectivity index (χ0) is 24.9. The van der Waals surface area contributed by atoms with E-state index in [1.54, 1.807) is 32.9 Å². The van der Waals surface area contributed by atoms with Gasteiger partial charge >= 0.3 is 18.2 Å². The fourth-order valence-corrected chi connectivity index (χ4v) is 3.23. The van der Waals surface area contributed by atoms with Crippen LogP contribution in [0.5, 0.6) is 0 Å². The van der Waals surface area contributed by atoms with Crippen molar-refractivity contribution in [3.8, 4) is 0 Å². The monoisotopic (exact) mass is 463 g/mol. The minimum atomic E-state index is -1.57. The lowest BCUT2D eigenvalue weighted by Crippen LogP contribution is -2.66. The van der Waals surface area contributed by atoms with E-state index in [0.717, 1.165) is 5.56 Å². The van der Waals surface area contributed by atoms with Crippen LogP contribution in [0.3, 0.4) is 0 Å². The molecule has 1 aliphatic rings. The van der Waals surface area contributed by atoms with Gasteiger partial charge in [0.25, 0.3) is 0 Å². The standard InChI is InChI=1S/C23H33N3O7/c1-21(2,3)33-20(31)26-13-11-23(12-14-26,18(28)29)24-17(27)22(4,5)25-19(30)32-15-16-9-7-6-8-10-16/h6-10H,11-15H2,1-5H3,(H,24,27)(H,25,30)(H,28,29). The van der Waals surface area contributed by atoms with Crippen LogP contribution in [0, 0.1) is 0 Å². The number of carboxylic acids is 1. The number of hydrogen-bond acceptors (Lipinski definition) is 6. The van der Waals surface area contributed by atoms with Crippen molar-refractivity contribution < 1.29 is 33.8 Å². The summed E-state index contributed by atoms with van der Waals surface area (Å²) < 4.78 is 10.5. The summed E-state index contributed by atoms with van der Waals surface area (Å²) in [5.41, 5.74) is -2.88. The Hall–Kier alpha value is -3.30. The molecule has 1 aromatic rings. The van der Waals surface area contributed by atoms with Gasteiger partial charge in [-0.2, -0.15) is 0 Å². The number of carboxylic acid groups (broad SMARTS) is 1. The predicted molar refractivity (Wildman–Crippen MR) is 119 cm³/mol. The van der Waals surface area contributed by atoms with Crippen LogP contribution >= 0.6 is 0 Å². The molecular weight excluding hydrogens is 430 g/mol. The number of aliphatic carboxylic acids is 1. The summed E-state index contributed by atoms with van der Waals surface area (Å²) in [5.74, 6) is -1.88. The van der Waals surface area contributed by atoms with Crippen LogP contribution < -0.4 is 10.6 Å². The predicted octanol–water partition coefficient (Wildman–Crippen LogP) is 2.66. The van der Waals surface area contributed by atoms with Crippen LogP contribution in [-0.4, -0.2) is 63.8 Å². The van der Waals surface area contributed by atoms with Gasteiger partial charge in [0.1, 0.15) is 23.3 Å². The number of carbonyl (C=O) groups excluding carboxylic acids is 3. The fraction of sp³-hybridized carbons (Fsp3) is 0.565. The maximum atomic E-state index is 12.9. The Balaban J connectivity index is 1.96. The fourth-order valence-electron chi connectivity index (χ4n) is 3.23. The number of rotatable bonds is 6. The molecule has 0 aromatic heterocycles. The molecule has 1 aromatic carbocycles. The second-order valence-electron chi connectivity index (χ2n) is 9.62. The van der Waals surface area contributed by atoms with Gasteiger partial charge in [0, 0.05) is 13.1 Å². The van der Waals surface area contributed by atoms with Crippen LogP contribution in [0.15, 0.2) is 30.3 Å². The quantitative estimate of drug-likeness (QED) is 0.590. The van der Waals surface area contributed by atoms with E-state index < -0.39 is 40.7 Å². The summed E-state index contributed by atoms with van der Waals surface area (Å²) in [6.45, 7) is 8.39. The average molecular weight is 464 g/mol. The molecule has 0 spiro atoms. The van der Waals surface area contributed by atoms with Gasteiger partial charge in [-0.25, -0.2) is 14.4 Å². The lowest BCUT2D eigenvalue weighted by atomic mass is 9.86. The first kappa shape index (κ1) is 26.0. The van der Waals surface area contributed by atoms with Gasteiger partial charge in [-0.05, 0) is 53.0 Å². The second-order valence-corrected chi connectivity index (χ2v) is 9.62. The number of carbonyl (C=O) groups is 4. The Morgan fingerprint density at radius 3 is 2.12 bits per heavy atom. The average Bonchev–Trinajstić information content (AvgIpc) is 2.71. The van der Waals surface area contributed by atoms with E-state index in [2.05, 4.69) is 10.6 Å². The molecule has 10 nitrogen and oxygen atoms in total. The molecule has 3 N–H and O–H groups in total. The van der Waals surface area contributed by atoms with Crippen LogP contribution in [0.25, 0.3) is 0 Å². The van der Waals surface area contributed by atoms with Gasteiger partial charge in [0.2, 0.25) is 5.91 Å². The minimum Gasteiger partial charge on any atom is -0.480 e. The molecule has 0 aliphatic carbocycles. The first-order valence-corrected chi connectivity index (χ1v) is 10.8. The first-order chi connectivity index (χ1) is 15.2. The van der Waals surface area contributed by atoms with E-state index in [1.807, 2.05) is 18.2 Å². The Labute approximate surface area is 193 Å². The molecular formula is C23H33N3O7. The van der Waals surface area contributed by atoms with Crippen molar-refractivity contribution in [2.75, 3.05) is 13.1 Å². The molecule has 2 rings (SSSR count). The summed E-state index contributed by atoms with van der Waals surface area (Å²) in [6.07, 6.45) is -1.33. The zero-order valence-corrected chi connectivity index (χ0v) is 19.8. The molecule has 10 heteroatoms. The SMILES string of the molecule is CC(C)(C)OC(=O)N1CCC(NC(=O)C(C)(C)NC(=O)OCc2ccccc2)(C(=O)O)CC1. The van der Waals surface area contributed by atoms with E-state index in [0.29, 0.717) is 0 Å². The Morgan fingerprint density at radius 2 is 1.61 bits per heavy atom. The largest absolute Gasteiger partial charge is 0.480 e. The van der Waals surface area contributed by atoms with Crippen molar-refractivity contribution in [1.29, 1.82) is 0 Å². The van der Waals surface area contributed by atoms with E-state index >= 15 is 0 Å². The normalized spacial score (nSPS) is 15.8. The molecule has 0 saturated carbocycles. The summed E-state index contributed by atoms with van der Waals surface area (Å²) in [6, 6.07) is 9.06. The number of nitrogens with one attached hydrogen (secondary N) is 2. The summed E-state index contributed by atoms with van der Waals surface area (Å²) >= 11 is 0. The number of alkyl carbamates (subject to hydrolysis) is 1. The summed E-state index contributed by atoms with van der Waals surface area (Å²) in [5, 5.41) is 14.9. The van der Waals surface area contributed by atoms with Gasteiger partial charge in [0.15, 0.2) is 0 Å². The molecule has 0 bridgehead atoms. The van der Waals surface area contributed by atoms with E-state index in [4.69, 9.17) is 9.47 Å². The maximum Gasteiger partial charge on any atom is 0.410 e. The minimum absolute atomic E-state index is 0.00184. The second kappa shape index (κ2) is 10.1. The highest BCUT2D eigenvalue weighted by Crippen LogP contribution is 2.25. The third kappa shape index (κ3) is 7.37. The van der Waals surface area contributed by atoms with Gasteiger partial charge in [-0.15, -0.1) is 0 Å². The number of piperidine rings is 1. The Morgan fingerprint density at radius 1 is 1.03 bits per heavy atom.